The molecule has 0 aliphatic heterocycles. The molecule has 152 valence electrons. The third-order valence-corrected chi connectivity index (χ3v) is 5.84. The quantitative estimate of drug-likeness (QED) is 0.482. The number of fused-ring (bicyclic) bond motifs is 1. The molecule has 2 heterocycles. The van der Waals surface area contributed by atoms with E-state index < -0.39 is 17.2 Å². The summed E-state index contributed by atoms with van der Waals surface area (Å²) in [5.41, 5.74) is 2.15. The molecule has 2 aromatic carbocycles. The Hall–Kier alpha value is -3.39. The molecule has 2 aromatic heterocycles. The number of aryl methyl sites for hydroxylation is 2. The summed E-state index contributed by atoms with van der Waals surface area (Å²) < 4.78 is 3.64. The number of anilines is 1. The SMILES string of the molecule is Cc1cc(NC(=O)c2cn(C)c3c(=O)n(Cc4ccccc4)c(=O)[nH]c23)ccc1Br. The number of halogens is 1. The van der Waals surface area contributed by atoms with Crippen LogP contribution in [-0.4, -0.2) is 20.0 Å². The van der Waals surface area contributed by atoms with Crippen LogP contribution in [0.4, 0.5) is 5.69 Å². The summed E-state index contributed by atoms with van der Waals surface area (Å²) in [6.07, 6.45) is 1.55. The summed E-state index contributed by atoms with van der Waals surface area (Å²) in [6.45, 7) is 2.07. The van der Waals surface area contributed by atoms with E-state index in [4.69, 9.17) is 0 Å². The summed E-state index contributed by atoms with van der Waals surface area (Å²) in [6, 6.07) is 14.7. The Bertz CT molecular complexity index is 1380. The Labute approximate surface area is 180 Å². The standard InChI is InChI=1S/C22H19BrN4O3/c1-13-10-15(8-9-17(13)23)24-20(28)16-12-26(2)19-18(16)25-22(30)27(21(19)29)11-14-6-4-3-5-7-14/h3-10,12H,11H2,1-2H3,(H,24,28)(H,25,30). The number of benzene rings is 2. The number of H-pyrrole nitrogens is 1. The normalized spacial score (nSPS) is 11.0. The molecule has 7 nitrogen and oxygen atoms in total. The van der Waals surface area contributed by atoms with Crippen LogP contribution >= 0.6 is 15.9 Å². The highest BCUT2D eigenvalue weighted by Gasteiger charge is 2.20. The van der Waals surface area contributed by atoms with Crippen molar-refractivity contribution in [3.05, 3.63) is 96.7 Å². The zero-order valence-corrected chi connectivity index (χ0v) is 18.0. The molecule has 0 radical (unpaired) electrons. The molecule has 30 heavy (non-hydrogen) atoms. The number of aromatic nitrogens is 3. The zero-order chi connectivity index (χ0) is 21.4. The zero-order valence-electron chi connectivity index (χ0n) is 16.4. The van der Waals surface area contributed by atoms with E-state index in [0.717, 1.165) is 20.2 Å². The van der Waals surface area contributed by atoms with Crippen LogP contribution in [-0.2, 0) is 13.6 Å². The minimum Gasteiger partial charge on any atom is -0.344 e. The first-order valence-electron chi connectivity index (χ1n) is 9.28. The van der Waals surface area contributed by atoms with Crippen molar-refractivity contribution < 1.29 is 4.79 Å². The third kappa shape index (κ3) is 3.61. The van der Waals surface area contributed by atoms with Gasteiger partial charge in [0.05, 0.1) is 17.6 Å². The topological polar surface area (TPSA) is 88.9 Å². The number of amides is 1. The predicted octanol–water partition coefficient (Wildman–Crippen LogP) is 3.40. The minimum atomic E-state index is -0.559. The van der Waals surface area contributed by atoms with Gasteiger partial charge in [-0.05, 0) is 36.2 Å². The van der Waals surface area contributed by atoms with Gasteiger partial charge in [-0.25, -0.2) is 4.79 Å². The van der Waals surface area contributed by atoms with E-state index in [2.05, 4.69) is 26.2 Å². The average Bonchev–Trinajstić information content (AvgIpc) is 3.05. The average molecular weight is 467 g/mol. The number of hydrogen-bond donors (Lipinski definition) is 2. The van der Waals surface area contributed by atoms with Crippen molar-refractivity contribution in [3.8, 4) is 0 Å². The summed E-state index contributed by atoms with van der Waals surface area (Å²) in [4.78, 5) is 41.3. The second-order valence-electron chi connectivity index (χ2n) is 7.10. The molecule has 0 atom stereocenters. The molecule has 8 heteroatoms. The first-order valence-corrected chi connectivity index (χ1v) is 10.1. The largest absolute Gasteiger partial charge is 0.344 e. The van der Waals surface area contributed by atoms with Gasteiger partial charge in [0.1, 0.15) is 5.52 Å². The summed E-state index contributed by atoms with van der Waals surface area (Å²) in [5.74, 6) is -0.404. The maximum atomic E-state index is 13.0. The van der Waals surface area contributed by atoms with Gasteiger partial charge in [0, 0.05) is 23.4 Å². The summed E-state index contributed by atoms with van der Waals surface area (Å²) in [7, 11) is 1.68. The Morgan fingerprint density at radius 1 is 1.13 bits per heavy atom. The van der Waals surface area contributed by atoms with E-state index >= 15 is 0 Å². The molecule has 0 unspecified atom stereocenters. The van der Waals surface area contributed by atoms with Crippen LogP contribution < -0.4 is 16.6 Å². The van der Waals surface area contributed by atoms with E-state index in [9.17, 15) is 14.4 Å². The van der Waals surface area contributed by atoms with Crippen LogP contribution in [0.25, 0.3) is 11.0 Å². The lowest BCUT2D eigenvalue weighted by Crippen LogP contribution is -2.36. The Kier molecular flexibility index (Phi) is 5.17. The molecule has 0 fully saturated rings. The van der Waals surface area contributed by atoms with Gasteiger partial charge in [0.15, 0.2) is 0 Å². The molecule has 0 saturated carbocycles. The van der Waals surface area contributed by atoms with Crippen LogP contribution in [0.2, 0.25) is 0 Å². The van der Waals surface area contributed by atoms with Crippen LogP contribution in [0, 0.1) is 6.92 Å². The smallest absolute Gasteiger partial charge is 0.329 e. The fourth-order valence-corrected chi connectivity index (χ4v) is 3.65. The first kappa shape index (κ1) is 19.9. The number of rotatable bonds is 4. The lowest BCUT2D eigenvalue weighted by atomic mass is 10.2. The van der Waals surface area contributed by atoms with E-state index in [1.54, 1.807) is 23.9 Å². The highest BCUT2D eigenvalue weighted by molar-refractivity contribution is 9.10. The number of carbonyl (C=O) groups excluding carboxylic acids is 1. The fraction of sp³-hybridized carbons (Fsp3) is 0.136. The maximum Gasteiger partial charge on any atom is 0.329 e. The molecule has 0 aliphatic carbocycles. The number of nitrogens with zero attached hydrogens (tertiary/aromatic N) is 2. The molecule has 0 saturated heterocycles. The predicted molar refractivity (Wildman–Crippen MR) is 120 cm³/mol. The van der Waals surface area contributed by atoms with E-state index in [0.29, 0.717) is 5.69 Å². The Morgan fingerprint density at radius 3 is 2.57 bits per heavy atom. The molecular weight excluding hydrogens is 448 g/mol. The molecule has 1 amide bonds. The van der Waals surface area contributed by atoms with Crippen molar-refractivity contribution in [1.82, 2.24) is 14.1 Å². The van der Waals surface area contributed by atoms with Gasteiger partial charge in [0.2, 0.25) is 0 Å². The lowest BCUT2D eigenvalue weighted by molar-refractivity contribution is 0.102. The number of nitrogens with one attached hydrogen (secondary N) is 2. The molecule has 4 aromatic rings. The van der Waals surface area contributed by atoms with Crippen molar-refractivity contribution in [2.24, 2.45) is 7.05 Å². The third-order valence-electron chi connectivity index (χ3n) is 4.95. The molecule has 4 rings (SSSR count). The van der Waals surface area contributed by atoms with Gasteiger partial charge in [0.25, 0.3) is 11.5 Å². The van der Waals surface area contributed by atoms with Gasteiger partial charge < -0.3 is 14.9 Å². The van der Waals surface area contributed by atoms with Gasteiger partial charge in [-0.15, -0.1) is 0 Å². The number of hydrogen-bond acceptors (Lipinski definition) is 3. The van der Waals surface area contributed by atoms with E-state index in [-0.39, 0.29) is 23.1 Å². The minimum absolute atomic E-state index is 0.149. The Balaban J connectivity index is 1.75. The maximum absolute atomic E-state index is 13.0. The number of aromatic amines is 1. The van der Waals surface area contributed by atoms with Crippen LogP contribution in [0.3, 0.4) is 0 Å². The second-order valence-corrected chi connectivity index (χ2v) is 7.96. The van der Waals surface area contributed by atoms with Gasteiger partial charge >= 0.3 is 5.69 Å². The highest BCUT2D eigenvalue weighted by atomic mass is 79.9. The van der Waals surface area contributed by atoms with E-state index in [1.807, 2.05) is 49.4 Å². The summed E-state index contributed by atoms with van der Waals surface area (Å²) in [5, 5.41) is 2.82. The Morgan fingerprint density at radius 2 is 1.87 bits per heavy atom. The van der Waals surface area contributed by atoms with Crippen LogP contribution in [0.5, 0.6) is 0 Å². The van der Waals surface area contributed by atoms with E-state index in [1.165, 1.54) is 0 Å². The van der Waals surface area contributed by atoms with Gasteiger partial charge in [-0.3, -0.25) is 14.2 Å². The van der Waals surface area contributed by atoms with Crippen molar-refractivity contribution >= 4 is 38.6 Å². The fourth-order valence-electron chi connectivity index (χ4n) is 3.41. The highest BCUT2D eigenvalue weighted by Crippen LogP contribution is 2.22. The van der Waals surface area contributed by atoms with Gasteiger partial charge in [-0.1, -0.05) is 46.3 Å². The van der Waals surface area contributed by atoms with Crippen LogP contribution in [0.1, 0.15) is 21.5 Å². The van der Waals surface area contributed by atoms with Gasteiger partial charge in [-0.2, -0.15) is 0 Å². The molecule has 2 N–H and O–H groups in total. The molecular formula is C22H19BrN4O3. The van der Waals surface area contributed by atoms with Crippen molar-refractivity contribution in [3.63, 3.8) is 0 Å². The number of carbonyl (C=O) groups is 1. The first-order chi connectivity index (χ1) is 14.3. The second kappa shape index (κ2) is 7.79. The monoisotopic (exact) mass is 466 g/mol. The molecule has 0 spiro atoms. The lowest BCUT2D eigenvalue weighted by Gasteiger charge is -2.07. The molecule has 0 aliphatic rings. The molecule has 0 bridgehead atoms. The van der Waals surface area contributed by atoms with Crippen molar-refractivity contribution in [1.29, 1.82) is 0 Å². The van der Waals surface area contributed by atoms with Crippen molar-refractivity contribution in [2.45, 2.75) is 13.5 Å². The summed E-state index contributed by atoms with van der Waals surface area (Å²) >= 11 is 3.43. The van der Waals surface area contributed by atoms with Crippen molar-refractivity contribution in [2.75, 3.05) is 5.32 Å². The van der Waals surface area contributed by atoms with Crippen LogP contribution in [0.15, 0.2) is 68.8 Å².